The van der Waals surface area contributed by atoms with Crippen molar-refractivity contribution in [2.24, 2.45) is 0 Å². The van der Waals surface area contributed by atoms with E-state index in [9.17, 15) is 13.2 Å². The van der Waals surface area contributed by atoms with Crippen LogP contribution in [0, 0.1) is 5.82 Å². The highest BCUT2D eigenvalue weighted by Gasteiger charge is 2.28. The van der Waals surface area contributed by atoms with Gasteiger partial charge >= 0.3 is 0 Å². The predicted octanol–water partition coefficient (Wildman–Crippen LogP) is 3.08. The van der Waals surface area contributed by atoms with E-state index in [4.69, 9.17) is 11.6 Å². The summed E-state index contributed by atoms with van der Waals surface area (Å²) in [4.78, 5) is 1.89. The van der Waals surface area contributed by atoms with Crippen molar-refractivity contribution in [1.29, 1.82) is 0 Å². The van der Waals surface area contributed by atoms with Crippen molar-refractivity contribution in [3.63, 3.8) is 0 Å². The molecular formula is C13H16ClF3N2. The molecule has 6 heteroatoms. The molecule has 106 valence electrons. The molecule has 1 aromatic carbocycles. The number of nitrogens with one attached hydrogen (secondary N) is 1. The summed E-state index contributed by atoms with van der Waals surface area (Å²) < 4.78 is 39.6. The zero-order valence-corrected chi connectivity index (χ0v) is 11.1. The molecule has 0 saturated carbocycles. The van der Waals surface area contributed by atoms with Gasteiger partial charge in [-0.3, -0.25) is 4.90 Å². The van der Waals surface area contributed by atoms with Crippen molar-refractivity contribution in [2.75, 3.05) is 26.2 Å². The van der Waals surface area contributed by atoms with Crippen LogP contribution in [0.1, 0.15) is 18.0 Å². The van der Waals surface area contributed by atoms with E-state index in [-0.39, 0.29) is 17.0 Å². The molecule has 0 spiro atoms. The van der Waals surface area contributed by atoms with Crippen LogP contribution in [0.2, 0.25) is 5.02 Å². The second kappa shape index (κ2) is 6.59. The first kappa shape index (κ1) is 14.6. The van der Waals surface area contributed by atoms with Crippen molar-refractivity contribution in [2.45, 2.75) is 18.9 Å². The van der Waals surface area contributed by atoms with Crippen LogP contribution in [0.25, 0.3) is 0 Å². The lowest BCUT2D eigenvalue weighted by molar-refractivity contribution is 0.0725. The minimum Gasteiger partial charge on any atom is -0.314 e. The number of nitrogens with zero attached hydrogens (tertiary/aromatic N) is 1. The molecule has 2 rings (SSSR count). The highest BCUT2D eigenvalue weighted by atomic mass is 35.5. The maximum atomic E-state index is 14.0. The second-order valence-corrected chi connectivity index (χ2v) is 4.98. The van der Waals surface area contributed by atoms with E-state index in [1.54, 1.807) is 6.07 Å². The lowest BCUT2D eigenvalue weighted by Crippen LogP contribution is -2.45. The van der Waals surface area contributed by atoms with Gasteiger partial charge in [0, 0.05) is 44.2 Å². The quantitative estimate of drug-likeness (QED) is 0.917. The Bertz CT molecular complexity index is 422. The van der Waals surface area contributed by atoms with Crippen molar-refractivity contribution in [3.05, 3.63) is 34.6 Å². The fourth-order valence-electron chi connectivity index (χ4n) is 2.41. The maximum absolute atomic E-state index is 14.0. The van der Waals surface area contributed by atoms with E-state index in [0.29, 0.717) is 13.1 Å². The summed E-state index contributed by atoms with van der Waals surface area (Å²) in [5.74, 6) is -0.589. The van der Waals surface area contributed by atoms with E-state index in [2.05, 4.69) is 5.32 Å². The van der Waals surface area contributed by atoms with Crippen LogP contribution >= 0.6 is 11.6 Å². The average molecular weight is 293 g/mol. The maximum Gasteiger partial charge on any atom is 0.240 e. The van der Waals surface area contributed by atoms with E-state index >= 15 is 0 Å². The summed E-state index contributed by atoms with van der Waals surface area (Å²) in [6, 6.07) is 3.94. The molecule has 1 aromatic rings. The number of piperazine rings is 1. The first-order valence-corrected chi connectivity index (χ1v) is 6.64. The van der Waals surface area contributed by atoms with Gasteiger partial charge in [0.15, 0.2) is 0 Å². The Morgan fingerprint density at radius 2 is 1.95 bits per heavy atom. The van der Waals surface area contributed by atoms with Crippen LogP contribution in [0.15, 0.2) is 18.2 Å². The van der Waals surface area contributed by atoms with Gasteiger partial charge in [-0.1, -0.05) is 23.7 Å². The van der Waals surface area contributed by atoms with Gasteiger partial charge in [0.05, 0.1) is 5.02 Å². The molecule has 1 N–H and O–H groups in total. The topological polar surface area (TPSA) is 15.3 Å². The number of halogens is 4. The fraction of sp³-hybridized carbons (Fsp3) is 0.538. The Labute approximate surface area is 115 Å². The molecule has 0 aromatic heterocycles. The Hall–Kier alpha value is -0.780. The number of hydrogen-bond acceptors (Lipinski definition) is 2. The molecule has 0 bridgehead atoms. The lowest BCUT2D eigenvalue weighted by atomic mass is 10.0. The van der Waals surface area contributed by atoms with Crippen molar-refractivity contribution in [3.8, 4) is 0 Å². The number of benzene rings is 1. The number of rotatable bonds is 4. The van der Waals surface area contributed by atoms with Gasteiger partial charge in [0.1, 0.15) is 5.82 Å². The molecule has 1 heterocycles. The molecule has 1 saturated heterocycles. The van der Waals surface area contributed by atoms with Gasteiger partial charge in [-0.15, -0.1) is 0 Å². The van der Waals surface area contributed by atoms with Crippen molar-refractivity contribution >= 4 is 11.6 Å². The number of hydrogen-bond donors (Lipinski definition) is 1. The third-order valence-electron chi connectivity index (χ3n) is 3.33. The molecule has 1 fully saturated rings. The zero-order valence-electron chi connectivity index (χ0n) is 10.4. The second-order valence-electron chi connectivity index (χ2n) is 4.57. The van der Waals surface area contributed by atoms with Crippen LogP contribution in [-0.4, -0.2) is 37.5 Å². The zero-order chi connectivity index (χ0) is 13.8. The van der Waals surface area contributed by atoms with E-state index in [1.165, 1.54) is 12.1 Å². The highest BCUT2D eigenvalue weighted by Crippen LogP contribution is 2.31. The van der Waals surface area contributed by atoms with Gasteiger partial charge in [-0.25, -0.2) is 13.2 Å². The Morgan fingerprint density at radius 3 is 2.58 bits per heavy atom. The lowest BCUT2D eigenvalue weighted by Gasteiger charge is -2.35. The normalized spacial score (nSPS) is 18.8. The van der Waals surface area contributed by atoms with Gasteiger partial charge < -0.3 is 5.32 Å². The molecule has 1 atom stereocenters. The first-order chi connectivity index (χ1) is 9.09. The van der Waals surface area contributed by atoms with Crippen LogP contribution < -0.4 is 5.32 Å². The van der Waals surface area contributed by atoms with E-state index in [0.717, 1.165) is 13.1 Å². The molecule has 0 unspecified atom stereocenters. The third kappa shape index (κ3) is 3.61. The summed E-state index contributed by atoms with van der Waals surface area (Å²) in [6.45, 7) is 2.70. The standard InChI is InChI=1S/C13H16ClF3N2/c14-10-3-1-2-9(13(10)17)11(8-12(15)16)19-6-4-18-5-7-19/h1-3,11-12,18H,4-8H2/t11-/m0/s1. The minimum absolute atomic E-state index is 0.0214. The molecule has 2 nitrogen and oxygen atoms in total. The van der Waals surface area contributed by atoms with E-state index in [1.807, 2.05) is 4.90 Å². The summed E-state index contributed by atoms with van der Waals surface area (Å²) in [5.41, 5.74) is 0.259. The molecule has 1 aliphatic heterocycles. The van der Waals surface area contributed by atoms with E-state index < -0.39 is 18.3 Å². The average Bonchev–Trinajstić information content (AvgIpc) is 2.40. The van der Waals surface area contributed by atoms with Crippen LogP contribution in [-0.2, 0) is 0 Å². The number of alkyl halides is 2. The smallest absolute Gasteiger partial charge is 0.240 e. The largest absolute Gasteiger partial charge is 0.314 e. The van der Waals surface area contributed by atoms with Gasteiger partial charge in [0.25, 0.3) is 0 Å². The molecule has 0 amide bonds. The Balaban J connectivity index is 2.27. The summed E-state index contributed by atoms with van der Waals surface area (Å²) in [5, 5.41) is 3.13. The van der Waals surface area contributed by atoms with Crippen molar-refractivity contribution < 1.29 is 13.2 Å². The Kier molecular flexibility index (Phi) is 5.07. The van der Waals surface area contributed by atoms with Crippen LogP contribution in [0.4, 0.5) is 13.2 Å². The van der Waals surface area contributed by atoms with Crippen molar-refractivity contribution in [1.82, 2.24) is 10.2 Å². The molecular weight excluding hydrogens is 277 g/mol. The van der Waals surface area contributed by atoms with Crippen LogP contribution in [0.3, 0.4) is 0 Å². The van der Waals surface area contributed by atoms with Crippen LogP contribution in [0.5, 0.6) is 0 Å². The molecule has 1 aliphatic rings. The summed E-state index contributed by atoms with van der Waals surface area (Å²) >= 11 is 5.74. The monoisotopic (exact) mass is 292 g/mol. The Morgan fingerprint density at radius 1 is 1.26 bits per heavy atom. The first-order valence-electron chi connectivity index (χ1n) is 6.26. The molecule has 0 radical (unpaired) electrons. The highest BCUT2D eigenvalue weighted by molar-refractivity contribution is 6.30. The van der Waals surface area contributed by atoms with Gasteiger partial charge in [-0.2, -0.15) is 0 Å². The fourth-order valence-corrected chi connectivity index (χ4v) is 2.59. The third-order valence-corrected chi connectivity index (χ3v) is 3.63. The minimum atomic E-state index is -2.47. The summed E-state index contributed by atoms with van der Waals surface area (Å²) in [7, 11) is 0. The van der Waals surface area contributed by atoms with Gasteiger partial charge in [-0.05, 0) is 6.07 Å². The predicted molar refractivity (Wildman–Crippen MR) is 69.2 cm³/mol. The van der Waals surface area contributed by atoms with Gasteiger partial charge in [0.2, 0.25) is 6.43 Å². The SMILES string of the molecule is Fc1c(Cl)cccc1[C@H](CC(F)F)N1CCNCC1. The molecule has 0 aliphatic carbocycles. The summed E-state index contributed by atoms with van der Waals surface area (Å²) in [6.07, 6.45) is -2.85. The molecule has 19 heavy (non-hydrogen) atoms.